The Bertz CT molecular complexity index is 622. The van der Waals surface area contributed by atoms with E-state index >= 15 is 0 Å². The first-order valence-corrected chi connectivity index (χ1v) is 6.17. The molecule has 104 valence electrons. The van der Waals surface area contributed by atoms with Crippen molar-refractivity contribution in [3.8, 4) is 0 Å². The number of hydrogen-bond acceptors (Lipinski definition) is 4. The van der Waals surface area contributed by atoms with Crippen molar-refractivity contribution in [3.63, 3.8) is 0 Å². The van der Waals surface area contributed by atoms with Crippen LogP contribution in [0, 0.1) is 6.92 Å². The Morgan fingerprint density at radius 1 is 1.30 bits per heavy atom. The highest BCUT2D eigenvalue weighted by Crippen LogP contribution is 2.20. The Labute approximate surface area is 115 Å². The summed E-state index contributed by atoms with van der Waals surface area (Å²) in [6, 6.07) is 5.31. The van der Waals surface area contributed by atoms with E-state index in [0.29, 0.717) is 17.8 Å². The van der Waals surface area contributed by atoms with Crippen LogP contribution in [0.5, 0.6) is 0 Å². The van der Waals surface area contributed by atoms with E-state index in [9.17, 15) is 9.59 Å². The molecular weight excluding hydrogens is 258 g/mol. The van der Waals surface area contributed by atoms with Gasteiger partial charge in [-0.1, -0.05) is 13.0 Å². The Kier molecular flexibility index (Phi) is 4.09. The number of aromatic nitrogens is 3. The van der Waals surface area contributed by atoms with Gasteiger partial charge >= 0.3 is 0 Å². The smallest absolute Gasteiger partial charge is 0.292 e. The van der Waals surface area contributed by atoms with Gasteiger partial charge in [0.05, 0.1) is 0 Å². The highest BCUT2D eigenvalue weighted by molar-refractivity contribution is 6.02. The number of hydrogen-bond donors (Lipinski definition) is 3. The third-order valence-electron chi connectivity index (χ3n) is 2.72. The van der Waals surface area contributed by atoms with Crippen LogP contribution in [-0.4, -0.2) is 27.0 Å². The molecule has 1 aromatic carbocycles. The van der Waals surface area contributed by atoms with Gasteiger partial charge in [0.2, 0.25) is 11.7 Å². The van der Waals surface area contributed by atoms with E-state index < -0.39 is 0 Å². The lowest BCUT2D eigenvalue weighted by atomic mass is 10.1. The van der Waals surface area contributed by atoms with E-state index in [1.807, 2.05) is 13.0 Å². The molecule has 0 spiro atoms. The molecule has 2 amide bonds. The molecule has 7 nitrogen and oxygen atoms in total. The molecule has 2 rings (SSSR count). The maximum Gasteiger partial charge on any atom is 0.292 e. The standard InChI is InChI=1S/C13H15N5O2/c1-3-11(19)16-9-5-4-8(2)10(6-9)17-13(20)12-14-7-15-18-12/h4-7H,3H2,1-2H3,(H,16,19)(H,17,20)(H,14,15,18). The van der Waals surface area contributed by atoms with Gasteiger partial charge in [-0.2, -0.15) is 5.10 Å². The third-order valence-corrected chi connectivity index (χ3v) is 2.72. The van der Waals surface area contributed by atoms with Crippen LogP contribution in [-0.2, 0) is 4.79 Å². The molecule has 20 heavy (non-hydrogen) atoms. The first kappa shape index (κ1) is 13.7. The van der Waals surface area contributed by atoms with Crippen LogP contribution in [0.3, 0.4) is 0 Å². The van der Waals surface area contributed by atoms with E-state index in [1.165, 1.54) is 6.33 Å². The van der Waals surface area contributed by atoms with E-state index in [-0.39, 0.29) is 17.6 Å². The van der Waals surface area contributed by atoms with E-state index in [2.05, 4.69) is 25.8 Å². The lowest BCUT2D eigenvalue weighted by Gasteiger charge is -2.10. The van der Waals surface area contributed by atoms with Gasteiger partial charge < -0.3 is 10.6 Å². The summed E-state index contributed by atoms with van der Waals surface area (Å²) in [5.41, 5.74) is 2.13. The Morgan fingerprint density at radius 2 is 2.10 bits per heavy atom. The Morgan fingerprint density at radius 3 is 2.75 bits per heavy atom. The lowest BCUT2D eigenvalue weighted by Crippen LogP contribution is -2.15. The number of amides is 2. The van der Waals surface area contributed by atoms with Gasteiger partial charge in [-0.05, 0) is 24.6 Å². The van der Waals surface area contributed by atoms with E-state index in [0.717, 1.165) is 5.56 Å². The summed E-state index contributed by atoms with van der Waals surface area (Å²) in [4.78, 5) is 27.0. The fourth-order valence-electron chi connectivity index (χ4n) is 1.58. The monoisotopic (exact) mass is 273 g/mol. The molecule has 0 bridgehead atoms. The zero-order valence-corrected chi connectivity index (χ0v) is 11.2. The lowest BCUT2D eigenvalue weighted by molar-refractivity contribution is -0.115. The number of aromatic amines is 1. The number of anilines is 2. The minimum atomic E-state index is -0.385. The van der Waals surface area contributed by atoms with Crippen molar-refractivity contribution in [2.24, 2.45) is 0 Å². The molecule has 0 aliphatic rings. The number of nitrogens with one attached hydrogen (secondary N) is 3. The van der Waals surface area contributed by atoms with Crippen molar-refractivity contribution in [2.45, 2.75) is 20.3 Å². The number of benzene rings is 1. The molecular formula is C13H15N5O2. The SMILES string of the molecule is CCC(=O)Nc1ccc(C)c(NC(=O)c2ncn[nH]2)c1. The van der Waals surface area contributed by atoms with Crippen molar-refractivity contribution in [1.29, 1.82) is 0 Å². The fourth-order valence-corrected chi connectivity index (χ4v) is 1.58. The second-order valence-corrected chi connectivity index (χ2v) is 4.22. The average molecular weight is 273 g/mol. The van der Waals surface area contributed by atoms with Gasteiger partial charge in [-0.3, -0.25) is 14.7 Å². The predicted octanol–water partition coefficient (Wildman–Crippen LogP) is 1.71. The molecule has 0 unspecified atom stereocenters. The van der Waals surface area contributed by atoms with Crippen LogP contribution in [0.2, 0.25) is 0 Å². The van der Waals surface area contributed by atoms with Gasteiger partial charge in [0.15, 0.2) is 0 Å². The van der Waals surface area contributed by atoms with Crippen LogP contribution in [0.25, 0.3) is 0 Å². The Balaban J connectivity index is 2.16. The molecule has 0 aliphatic heterocycles. The van der Waals surface area contributed by atoms with Crippen molar-refractivity contribution in [2.75, 3.05) is 10.6 Å². The van der Waals surface area contributed by atoms with Crippen LogP contribution < -0.4 is 10.6 Å². The van der Waals surface area contributed by atoms with Gasteiger partial charge in [0.25, 0.3) is 5.91 Å². The molecule has 0 fully saturated rings. The molecule has 1 aromatic heterocycles. The highest BCUT2D eigenvalue weighted by Gasteiger charge is 2.11. The molecule has 0 radical (unpaired) electrons. The summed E-state index contributed by atoms with van der Waals surface area (Å²) < 4.78 is 0. The minimum Gasteiger partial charge on any atom is -0.326 e. The van der Waals surface area contributed by atoms with Crippen molar-refractivity contribution in [1.82, 2.24) is 15.2 Å². The maximum atomic E-state index is 11.9. The number of aryl methyl sites for hydroxylation is 1. The number of carbonyl (C=O) groups is 2. The molecule has 1 heterocycles. The van der Waals surface area contributed by atoms with Crippen LogP contribution >= 0.6 is 0 Å². The zero-order chi connectivity index (χ0) is 14.5. The molecule has 7 heteroatoms. The second kappa shape index (κ2) is 5.96. The molecule has 0 atom stereocenters. The minimum absolute atomic E-state index is 0.0821. The maximum absolute atomic E-state index is 11.9. The quantitative estimate of drug-likeness (QED) is 0.789. The first-order chi connectivity index (χ1) is 9.60. The van der Waals surface area contributed by atoms with Gasteiger partial charge in [0.1, 0.15) is 6.33 Å². The highest BCUT2D eigenvalue weighted by atomic mass is 16.2. The average Bonchev–Trinajstić information content (AvgIpc) is 2.96. The van der Waals surface area contributed by atoms with Gasteiger partial charge in [0, 0.05) is 17.8 Å². The van der Waals surface area contributed by atoms with E-state index in [4.69, 9.17) is 0 Å². The normalized spacial score (nSPS) is 10.1. The van der Waals surface area contributed by atoms with Crippen LogP contribution in [0.1, 0.15) is 29.5 Å². The molecule has 0 aliphatic carbocycles. The Hall–Kier alpha value is -2.70. The molecule has 0 saturated carbocycles. The summed E-state index contributed by atoms with van der Waals surface area (Å²) in [7, 11) is 0. The first-order valence-electron chi connectivity index (χ1n) is 6.17. The summed E-state index contributed by atoms with van der Waals surface area (Å²) in [6.07, 6.45) is 1.66. The van der Waals surface area contributed by atoms with Gasteiger partial charge in [-0.15, -0.1) is 0 Å². The number of nitrogens with zero attached hydrogens (tertiary/aromatic N) is 2. The number of carbonyl (C=O) groups excluding carboxylic acids is 2. The number of rotatable bonds is 4. The van der Waals surface area contributed by atoms with Crippen molar-refractivity contribution < 1.29 is 9.59 Å². The van der Waals surface area contributed by atoms with Gasteiger partial charge in [-0.25, -0.2) is 4.98 Å². The molecule has 0 saturated heterocycles. The largest absolute Gasteiger partial charge is 0.326 e. The number of H-pyrrole nitrogens is 1. The third kappa shape index (κ3) is 3.19. The molecule has 2 aromatic rings. The summed E-state index contributed by atoms with van der Waals surface area (Å²) in [6.45, 7) is 3.64. The fraction of sp³-hybridized carbons (Fsp3) is 0.231. The summed E-state index contributed by atoms with van der Waals surface area (Å²) in [5, 5.41) is 11.6. The summed E-state index contributed by atoms with van der Waals surface area (Å²) >= 11 is 0. The summed E-state index contributed by atoms with van der Waals surface area (Å²) in [5.74, 6) is -0.335. The second-order valence-electron chi connectivity index (χ2n) is 4.22. The topological polar surface area (TPSA) is 99.8 Å². The zero-order valence-electron chi connectivity index (χ0n) is 11.2. The van der Waals surface area contributed by atoms with Crippen molar-refractivity contribution in [3.05, 3.63) is 35.9 Å². The van der Waals surface area contributed by atoms with Crippen molar-refractivity contribution >= 4 is 23.2 Å². The molecule has 3 N–H and O–H groups in total. The van der Waals surface area contributed by atoms with E-state index in [1.54, 1.807) is 19.1 Å². The predicted molar refractivity (Wildman–Crippen MR) is 74.4 cm³/mol. The van der Waals surface area contributed by atoms with Crippen LogP contribution in [0.4, 0.5) is 11.4 Å². The van der Waals surface area contributed by atoms with Crippen LogP contribution in [0.15, 0.2) is 24.5 Å².